The number of thiophene rings is 1. The molecule has 13 aromatic rings. The molecule has 4 heterocycles. The van der Waals surface area contributed by atoms with Crippen molar-refractivity contribution in [3.05, 3.63) is 182 Å². The molecule has 5 nitrogen and oxygen atoms in total. The van der Waals surface area contributed by atoms with Crippen molar-refractivity contribution >= 4 is 96.8 Å². The van der Waals surface area contributed by atoms with Gasteiger partial charge in [0.25, 0.3) is 0 Å². The normalized spacial score (nSPS) is 12.1. The molecule has 0 saturated carbocycles. The predicted molar refractivity (Wildman–Crippen MR) is 246 cm³/mol. The average molecular weight is 771 g/mol. The minimum atomic E-state index is 0.587. The number of hydrogen-bond acceptors (Lipinski definition) is 5. The summed E-state index contributed by atoms with van der Waals surface area (Å²) in [6.07, 6.45) is 0. The van der Waals surface area contributed by atoms with Crippen LogP contribution in [0.4, 0.5) is 0 Å². The van der Waals surface area contributed by atoms with Gasteiger partial charge in [-0.1, -0.05) is 140 Å². The highest BCUT2D eigenvalue weighted by Crippen LogP contribution is 2.46. The van der Waals surface area contributed by atoms with Crippen LogP contribution in [0.25, 0.3) is 125 Å². The number of benzene rings is 9. The fourth-order valence-electron chi connectivity index (χ4n) is 9.20. The summed E-state index contributed by atoms with van der Waals surface area (Å²) < 4.78 is 11.6. The Kier molecular flexibility index (Phi) is 6.82. The lowest BCUT2D eigenvalue weighted by Gasteiger charge is -2.17. The maximum atomic E-state index is 6.66. The van der Waals surface area contributed by atoms with Crippen molar-refractivity contribution in [1.82, 2.24) is 19.5 Å². The van der Waals surface area contributed by atoms with Gasteiger partial charge in [0.05, 0.1) is 22.1 Å². The van der Waals surface area contributed by atoms with E-state index < -0.39 is 0 Å². The molecule has 59 heavy (non-hydrogen) atoms. The third kappa shape index (κ3) is 4.81. The second kappa shape index (κ2) is 12.4. The fraction of sp³-hybridized carbons (Fsp3) is 0. The fourth-order valence-corrected chi connectivity index (χ4v) is 10.3. The molecule has 4 aromatic heterocycles. The molecule has 0 saturated heterocycles. The molecule has 0 bridgehead atoms. The largest absolute Gasteiger partial charge is 0.456 e. The minimum Gasteiger partial charge on any atom is -0.456 e. The standard InChI is InChI=1S/C53H30N4OS/c1-2-14-32(15-3-1)51-54-52(39-21-12-24-46-47(39)38-20-9-11-23-45(38)59-46)56-53(55-51)40-27-28-44-48(37-19-8-10-22-43(37)58-44)50(40)57-42-30-34-17-5-4-16-33(34)29-41(42)36-26-25-31-13-6-7-18-35(31)49(36)57/h1-30H. The molecule has 9 aromatic carbocycles. The molecule has 0 aliphatic rings. The van der Waals surface area contributed by atoms with Crippen LogP contribution in [0, 0.1) is 0 Å². The molecule has 0 unspecified atom stereocenters. The second-order valence-corrected chi connectivity index (χ2v) is 16.2. The Morgan fingerprint density at radius 3 is 1.95 bits per heavy atom. The van der Waals surface area contributed by atoms with Crippen LogP contribution < -0.4 is 0 Å². The molecular formula is C53H30N4OS. The number of para-hydroxylation sites is 1. The quantitative estimate of drug-likeness (QED) is 0.179. The predicted octanol–water partition coefficient (Wildman–Crippen LogP) is 14.5. The number of nitrogens with zero attached hydrogens (tertiary/aromatic N) is 4. The Morgan fingerprint density at radius 2 is 1.08 bits per heavy atom. The van der Waals surface area contributed by atoms with Gasteiger partial charge in [0.1, 0.15) is 11.2 Å². The van der Waals surface area contributed by atoms with Gasteiger partial charge in [-0.05, 0) is 58.6 Å². The summed E-state index contributed by atoms with van der Waals surface area (Å²) in [5.41, 5.74) is 7.60. The monoisotopic (exact) mass is 770 g/mol. The Hall–Kier alpha value is -7.67. The molecule has 0 aliphatic heterocycles. The first kappa shape index (κ1) is 32.4. The first-order valence-corrected chi connectivity index (χ1v) is 20.6. The number of hydrogen-bond donors (Lipinski definition) is 0. The summed E-state index contributed by atoms with van der Waals surface area (Å²) in [6.45, 7) is 0. The van der Waals surface area contributed by atoms with Gasteiger partial charge in [-0.25, -0.2) is 15.0 Å². The van der Waals surface area contributed by atoms with Gasteiger partial charge in [-0.2, -0.15) is 0 Å². The van der Waals surface area contributed by atoms with Crippen molar-refractivity contribution in [2.75, 3.05) is 0 Å². The van der Waals surface area contributed by atoms with Crippen LogP contribution >= 0.6 is 11.3 Å². The van der Waals surface area contributed by atoms with Crippen LogP contribution in [0.5, 0.6) is 0 Å². The number of rotatable bonds is 4. The smallest absolute Gasteiger partial charge is 0.166 e. The highest BCUT2D eigenvalue weighted by Gasteiger charge is 2.26. The molecule has 6 heteroatoms. The van der Waals surface area contributed by atoms with Gasteiger partial charge in [-0.15, -0.1) is 11.3 Å². The highest BCUT2D eigenvalue weighted by molar-refractivity contribution is 7.25. The SMILES string of the molecule is c1ccc(-c2nc(-c3ccc4oc5ccccc5c4c3-n3c4cc5ccccc5cc4c4ccc5ccccc5c43)nc(-c3cccc4sc5ccccc5c34)n2)cc1. The first-order valence-electron chi connectivity index (χ1n) is 19.8. The van der Waals surface area contributed by atoms with Gasteiger partial charge in [0.15, 0.2) is 17.5 Å². The summed E-state index contributed by atoms with van der Waals surface area (Å²) in [4.78, 5) is 16.1. The van der Waals surface area contributed by atoms with Gasteiger partial charge in [0.2, 0.25) is 0 Å². The van der Waals surface area contributed by atoms with Crippen LogP contribution in [0.3, 0.4) is 0 Å². The van der Waals surface area contributed by atoms with Crippen molar-refractivity contribution in [3.63, 3.8) is 0 Å². The average Bonchev–Trinajstić information content (AvgIpc) is 3.98. The zero-order valence-corrected chi connectivity index (χ0v) is 32.2. The van der Waals surface area contributed by atoms with E-state index >= 15 is 0 Å². The number of aromatic nitrogens is 4. The van der Waals surface area contributed by atoms with Crippen molar-refractivity contribution < 1.29 is 4.42 Å². The zero-order valence-electron chi connectivity index (χ0n) is 31.4. The Balaban J connectivity index is 1.22. The summed E-state index contributed by atoms with van der Waals surface area (Å²) in [5.74, 6) is 1.83. The molecule has 0 N–H and O–H groups in total. The molecule has 274 valence electrons. The third-order valence-corrected chi connectivity index (χ3v) is 12.9. The molecule has 0 aliphatic carbocycles. The van der Waals surface area contributed by atoms with E-state index in [1.54, 1.807) is 11.3 Å². The van der Waals surface area contributed by atoms with E-state index in [1.165, 1.54) is 47.1 Å². The maximum Gasteiger partial charge on any atom is 0.166 e. The molecule has 0 radical (unpaired) electrons. The van der Waals surface area contributed by atoms with Crippen LogP contribution in [-0.2, 0) is 0 Å². The van der Waals surface area contributed by atoms with E-state index in [-0.39, 0.29) is 0 Å². The van der Waals surface area contributed by atoms with Crippen LogP contribution in [0.1, 0.15) is 0 Å². The Labute approximate surface area is 341 Å². The van der Waals surface area contributed by atoms with Crippen molar-refractivity contribution in [1.29, 1.82) is 0 Å². The maximum absolute atomic E-state index is 6.66. The van der Waals surface area contributed by atoms with Crippen molar-refractivity contribution in [3.8, 4) is 39.9 Å². The van der Waals surface area contributed by atoms with Crippen LogP contribution in [-0.4, -0.2) is 19.5 Å². The topological polar surface area (TPSA) is 56.7 Å². The van der Waals surface area contributed by atoms with E-state index in [0.29, 0.717) is 17.5 Å². The second-order valence-electron chi connectivity index (χ2n) is 15.1. The number of furan rings is 1. The molecule has 0 amide bonds. The van der Waals surface area contributed by atoms with Gasteiger partial charge < -0.3 is 8.98 Å². The summed E-state index contributed by atoms with van der Waals surface area (Å²) in [7, 11) is 0. The molecule has 0 atom stereocenters. The highest BCUT2D eigenvalue weighted by atomic mass is 32.1. The summed E-state index contributed by atoms with van der Waals surface area (Å²) in [6, 6.07) is 64.3. The van der Waals surface area contributed by atoms with E-state index in [1.807, 2.05) is 30.3 Å². The van der Waals surface area contributed by atoms with Crippen molar-refractivity contribution in [2.24, 2.45) is 0 Å². The van der Waals surface area contributed by atoms with Crippen molar-refractivity contribution in [2.45, 2.75) is 0 Å². The Bertz CT molecular complexity index is 3860. The molecule has 0 fully saturated rings. The van der Waals surface area contributed by atoms with E-state index in [9.17, 15) is 0 Å². The summed E-state index contributed by atoms with van der Waals surface area (Å²) >= 11 is 1.79. The summed E-state index contributed by atoms with van der Waals surface area (Å²) in [5, 5.41) is 11.4. The number of fused-ring (bicyclic) bond motifs is 12. The first-order chi connectivity index (χ1) is 29.2. The van der Waals surface area contributed by atoms with E-state index in [0.717, 1.165) is 60.7 Å². The Morgan fingerprint density at radius 1 is 0.407 bits per heavy atom. The lowest BCUT2D eigenvalue weighted by Crippen LogP contribution is -2.04. The minimum absolute atomic E-state index is 0.587. The van der Waals surface area contributed by atoms with E-state index in [2.05, 4.69) is 156 Å². The van der Waals surface area contributed by atoms with Crippen LogP contribution in [0.15, 0.2) is 186 Å². The van der Waals surface area contributed by atoms with Crippen LogP contribution in [0.2, 0.25) is 0 Å². The van der Waals surface area contributed by atoms with Gasteiger partial charge in [0, 0.05) is 58.4 Å². The van der Waals surface area contributed by atoms with Gasteiger partial charge in [-0.3, -0.25) is 0 Å². The molecule has 13 rings (SSSR count). The van der Waals surface area contributed by atoms with Gasteiger partial charge >= 0.3 is 0 Å². The molecule has 0 spiro atoms. The third-order valence-electron chi connectivity index (χ3n) is 11.8. The molecular weight excluding hydrogens is 741 g/mol. The zero-order chi connectivity index (χ0) is 38.6. The van der Waals surface area contributed by atoms with E-state index in [4.69, 9.17) is 19.4 Å². The lowest BCUT2D eigenvalue weighted by molar-refractivity contribution is 0.669. The lowest BCUT2D eigenvalue weighted by atomic mass is 10.0.